The molecule has 7 heteroatoms. The van der Waals surface area contributed by atoms with Gasteiger partial charge in [0.25, 0.3) is 11.0 Å². The lowest BCUT2D eigenvalue weighted by atomic mass is 10.5. The van der Waals surface area contributed by atoms with Crippen molar-refractivity contribution in [3.05, 3.63) is 17.8 Å². The molecule has 1 aromatic rings. The van der Waals surface area contributed by atoms with E-state index in [1.165, 1.54) is 0 Å². The zero-order valence-electron chi connectivity index (χ0n) is 5.42. The van der Waals surface area contributed by atoms with Crippen LogP contribution in [0.2, 0.25) is 0 Å². The number of hydrogen-bond acceptors (Lipinski definition) is 3. The average molecular weight is 197 g/mol. The molecule has 66 valence electrons. The van der Waals surface area contributed by atoms with E-state index in [2.05, 4.69) is 22.0 Å². The Morgan fingerprint density at radius 2 is 2.17 bits per heavy atom. The summed E-state index contributed by atoms with van der Waals surface area (Å²) in [6, 6.07) is 0. The molecule has 0 radical (unpaired) electrons. The minimum absolute atomic E-state index is 0.434. The maximum absolute atomic E-state index is 11.8. The molecule has 0 bridgehead atoms. The highest BCUT2D eigenvalue weighted by Gasteiger charge is 2.36. The number of oxazole rings is 1. The van der Waals surface area contributed by atoms with E-state index in [-0.39, 0.29) is 0 Å². The second kappa shape index (κ2) is 2.81. The standard InChI is InChI=1S/C5H2F3NO2S/c6-5(7,8)2-1-9-3(11-2)4(10)12/h1H,(H,10,12). The first-order chi connectivity index (χ1) is 5.41. The molecule has 0 aliphatic carbocycles. The largest absolute Gasteiger partial charge is 0.451 e. The van der Waals surface area contributed by atoms with Gasteiger partial charge in [-0.3, -0.25) is 4.79 Å². The smallest absolute Gasteiger partial charge is 0.428 e. The van der Waals surface area contributed by atoms with Crippen molar-refractivity contribution in [3.63, 3.8) is 0 Å². The molecule has 0 unspecified atom stereocenters. The monoisotopic (exact) mass is 197 g/mol. The molecule has 0 saturated heterocycles. The Labute approximate surface area is 70.0 Å². The van der Waals surface area contributed by atoms with Crippen molar-refractivity contribution in [1.29, 1.82) is 0 Å². The first-order valence-corrected chi connectivity index (χ1v) is 3.12. The highest BCUT2D eigenvalue weighted by molar-refractivity contribution is 7.97. The van der Waals surface area contributed by atoms with Crippen LogP contribution in [-0.2, 0) is 6.18 Å². The normalized spacial score (nSPS) is 11.7. The van der Waals surface area contributed by atoms with Crippen LogP contribution in [0.4, 0.5) is 13.2 Å². The van der Waals surface area contributed by atoms with Gasteiger partial charge in [-0.2, -0.15) is 13.2 Å². The third-order valence-corrected chi connectivity index (χ3v) is 1.16. The summed E-state index contributed by atoms with van der Waals surface area (Å²) in [5.41, 5.74) is 0. The highest BCUT2D eigenvalue weighted by atomic mass is 32.1. The van der Waals surface area contributed by atoms with Gasteiger partial charge in [-0.25, -0.2) is 4.98 Å². The number of alkyl halides is 3. The van der Waals surface area contributed by atoms with Crippen molar-refractivity contribution in [1.82, 2.24) is 4.98 Å². The van der Waals surface area contributed by atoms with Crippen molar-refractivity contribution in [2.24, 2.45) is 0 Å². The van der Waals surface area contributed by atoms with Gasteiger partial charge in [-0.15, -0.1) is 0 Å². The highest BCUT2D eigenvalue weighted by Crippen LogP contribution is 2.29. The molecule has 0 spiro atoms. The Morgan fingerprint density at radius 3 is 2.42 bits per heavy atom. The van der Waals surface area contributed by atoms with Crippen LogP contribution in [0.25, 0.3) is 0 Å². The van der Waals surface area contributed by atoms with Crippen LogP contribution >= 0.6 is 12.6 Å². The van der Waals surface area contributed by atoms with Crippen LogP contribution in [0, 0.1) is 0 Å². The van der Waals surface area contributed by atoms with Crippen molar-refractivity contribution in [3.8, 4) is 0 Å². The third kappa shape index (κ3) is 1.79. The lowest BCUT2D eigenvalue weighted by Crippen LogP contribution is -2.02. The molecule has 0 amide bonds. The maximum Gasteiger partial charge on any atom is 0.451 e. The minimum Gasteiger partial charge on any atom is -0.428 e. The number of nitrogens with zero attached hydrogens (tertiary/aromatic N) is 1. The van der Waals surface area contributed by atoms with Crippen molar-refractivity contribution < 1.29 is 22.4 Å². The molecule has 0 aliphatic heterocycles. The van der Waals surface area contributed by atoms with E-state index in [0.717, 1.165) is 0 Å². The van der Waals surface area contributed by atoms with E-state index >= 15 is 0 Å². The van der Waals surface area contributed by atoms with E-state index in [1.807, 2.05) is 0 Å². The molecule has 0 aromatic carbocycles. The number of rotatable bonds is 1. The summed E-state index contributed by atoms with van der Waals surface area (Å²) in [6.45, 7) is 0. The maximum atomic E-state index is 11.8. The summed E-state index contributed by atoms with van der Waals surface area (Å²) in [6.07, 6.45) is -4.18. The molecule has 3 nitrogen and oxygen atoms in total. The van der Waals surface area contributed by atoms with Gasteiger partial charge in [0.15, 0.2) is 0 Å². The average Bonchev–Trinajstić information content (AvgIpc) is 2.30. The van der Waals surface area contributed by atoms with Gasteiger partial charge in [0.05, 0.1) is 6.20 Å². The molecule has 1 aromatic heterocycles. The van der Waals surface area contributed by atoms with Gasteiger partial charge < -0.3 is 4.42 Å². The van der Waals surface area contributed by atoms with Crippen molar-refractivity contribution in [2.45, 2.75) is 6.18 Å². The molecule has 0 atom stereocenters. The minimum atomic E-state index is -4.62. The summed E-state index contributed by atoms with van der Waals surface area (Å²) < 4.78 is 39.4. The van der Waals surface area contributed by atoms with Crippen LogP contribution in [-0.4, -0.2) is 10.1 Å². The quantitative estimate of drug-likeness (QED) is 0.697. The molecule has 0 N–H and O–H groups in total. The van der Waals surface area contributed by atoms with E-state index in [0.29, 0.717) is 6.20 Å². The number of carbonyl (C=O) groups is 1. The van der Waals surface area contributed by atoms with Gasteiger partial charge in [0.1, 0.15) is 0 Å². The molecule has 1 rings (SSSR count). The van der Waals surface area contributed by atoms with Crippen molar-refractivity contribution in [2.75, 3.05) is 0 Å². The Bertz CT molecular complexity index is 306. The summed E-state index contributed by atoms with van der Waals surface area (Å²) >= 11 is 3.23. The summed E-state index contributed by atoms with van der Waals surface area (Å²) in [4.78, 5) is 13.4. The number of thiol groups is 1. The number of aromatic nitrogens is 1. The first kappa shape index (κ1) is 9.11. The fourth-order valence-corrected chi connectivity index (χ4v) is 0.607. The fourth-order valence-electron chi connectivity index (χ4n) is 0.504. The molecular weight excluding hydrogens is 195 g/mol. The van der Waals surface area contributed by atoms with Gasteiger partial charge in [0.2, 0.25) is 5.76 Å². The van der Waals surface area contributed by atoms with Crippen LogP contribution < -0.4 is 0 Å². The summed E-state index contributed by atoms with van der Waals surface area (Å²) in [7, 11) is 0. The SMILES string of the molecule is O=C(S)c1ncc(C(F)(F)F)o1. The van der Waals surface area contributed by atoms with Crippen LogP contribution in [0.15, 0.2) is 10.6 Å². The van der Waals surface area contributed by atoms with Gasteiger partial charge in [-0.05, 0) is 0 Å². The second-order valence-corrected chi connectivity index (χ2v) is 2.24. The Morgan fingerprint density at radius 1 is 1.58 bits per heavy atom. The van der Waals surface area contributed by atoms with E-state index in [9.17, 15) is 18.0 Å². The van der Waals surface area contributed by atoms with Crippen LogP contribution in [0.1, 0.15) is 16.4 Å². The van der Waals surface area contributed by atoms with Gasteiger partial charge in [-0.1, -0.05) is 12.6 Å². The summed E-state index contributed by atoms with van der Waals surface area (Å²) in [5.74, 6) is -1.97. The van der Waals surface area contributed by atoms with Gasteiger partial charge >= 0.3 is 6.18 Å². The van der Waals surface area contributed by atoms with E-state index in [4.69, 9.17) is 0 Å². The number of carbonyl (C=O) groups excluding carboxylic acids is 1. The zero-order chi connectivity index (χ0) is 9.35. The summed E-state index contributed by atoms with van der Waals surface area (Å²) in [5, 5.41) is -0.939. The fraction of sp³-hybridized carbons (Fsp3) is 0.200. The Balaban J connectivity index is 3.00. The topological polar surface area (TPSA) is 43.1 Å². The predicted molar refractivity (Wildman–Crippen MR) is 34.8 cm³/mol. The number of hydrogen-bond donors (Lipinski definition) is 1. The predicted octanol–water partition coefficient (Wildman–Crippen LogP) is 1.76. The Hall–Kier alpha value is -0.980. The lowest BCUT2D eigenvalue weighted by Gasteiger charge is -1.98. The molecule has 1 heterocycles. The number of halogens is 3. The third-order valence-electron chi connectivity index (χ3n) is 0.968. The van der Waals surface area contributed by atoms with E-state index < -0.39 is 22.9 Å². The molecule has 12 heavy (non-hydrogen) atoms. The van der Waals surface area contributed by atoms with Crippen molar-refractivity contribution >= 4 is 17.7 Å². The molecular formula is C5H2F3NO2S. The molecule has 0 fully saturated rings. The van der Waals surface area contributed by atoms with Crippen LogP contribution in [0.5, 0.6) is 0 Å². The lowest BCUT2D eigenvalue weighted by molar-refractivity contribution is -0.153. The first-order valence-electron chi connectivity index (χ1n) is 2.67. The molecule has 0 saturated carbocycles. The molecule has 0 aliphatic rings. The van der Waals surface area contributed by atoms with Crippen LogP contribution in [0.3, 0.4) is 0 Å². The zero-order valence-corrected chi connectivity index (χ0v) is 6.32. The Kier molecular flexibility index (Phi) is 2.14. The second-order valence-electron chi connectivity index (χ2n) is 1.83. The van der Waals surface area contributed by atoms with Gasteiger partial charge in [0, 0.05) is 0 Å². The van der Waals surface area contributed by atoms with E-state index in [1.54, 1.807) is 0 Å².